The molecule has 4 nitrogen and oxygen atoms in total. The minimum atomic E-state index is -0.410. The molecule has 0 bridgehead atoms. The third kappa shape index (κ3) is 2.11. The molecular formula is C16H16BrNO3. The van der Waals surface area contributed by atoms with Crippen LogP contribution in [0.25, 0.3) is 0 Å². The van der Waals surface area contributed by atoms with Crippen LogP contribution >= 0.6 is 15.9 Å². The molecule has 0 aromatic heterocycles. The molecule has 0 saturated heterocycles. The van der Waals surface area contributed by atoms with Crippen LogP contribution in [0.4, 0.5) is 0 Å². The van der Waals surface area contributed by atoms with Gasteiger partial charge in [-0.05, 0) is 65.7 Å². The van der Waals surface area contributed by atoms with Gasteiger partial charge < -0.3 is 9.47 Å². The minimum Gasteiger partial charge on any atom is -0.489 e. The van der Waals surface area contributed by atoms with Crippen LogP contribution in [0.15, 0.2) is 21.6 Å². The van der Waals surface area contributed by atoms with Crippen LogP contribution in [0.3, 0.4) is 0 Å². The van der Waals surface area contributed by atoms with Crippen LogP contribution in [0.2, 0.25) is 0 Å². The summed E-state index contributed by atoms with van der Waals surface area (Å²) in [7, 11) is 0. The van der Waals surface area contributed by atoms with Crippen LogP contribution in [0.1, 0.15) is 37.7 Å². The molecule has 3 aliphatic rings. The highest BCUT2D eigenvalue weighted by molar-refractivity contribution is 9.10. The summed E-state index contributed by atoms with van der Waals surface area (Å²) in [5.74, 6) is 1.53. The Kier molecular flexibility index (Phi) is 2.92. The van der Waals surface area contributed by atoms with E-state index in [0.717, 1.165) is 47.4 Å². The molecule has 21 heavy (non-hydrogen) atoms. The third-order valence-corrected chi connectivity index (χ3v) is 5.59. The number of carbonyl (C=O) groups excluding carboxylic acids is 1. The number of hydrogen-bond donors (Lipinski definition) is 0. The average Bonchev–Trinajstić information content (AvgIpc) is 3.22. The lowest BCUT2D eigenvalue weighted by molar-refractivity contribution is 0.196. The number of benzene rings is 1. The lowest BCUT2D eigenvalue weighted by atomic mass is 9.72. The maximum absolute atomic E-state index is 10.7. The molecule has 2 aliphatic carbocycles. The van der Waals surface area contributed by atoms with Gasteiger partial charge in [0.05, 0.1) is 23.2 Å². The smallest absolute Gasteiger partial charge is 0.235 e. The van der Waals surface area contributed by atoms with Gasteiger partial charge in [-0.2, -0.15) is 4.99 Å². The zero-order valence-electron chi connectivity index (χ0n) is 11.7. The van der Waals surface area contributed by atoms with Crippen molar-refractivity contribution in [3.8, 4) is 11.5 Å². The Labute approximate surface area is 131 Å². The number of hydrogen-bond acceptors (Lipinski definition) is 4. The van der Waals surface area contributed by atoms with Gasteiger partial charge in [-0.3, -0.25) is 0 Å². The largest absolute Gasteiger partial charge is 0.489 e. The van der Waals surface area contributed by atoms with Gasteiger partial charge in [0.2, 0.25) is 6.08 Å². The Morgan fingerprint density at radius 2 is 1.90 bits per heavy atom. The first-order valence-electron chi connectivity index (χ1n) is 7.35. The first-order valence-corrected chi connectivity index (χ1v) is 8.14. The number of aliphatic imine (C=N–C) groups is 1. The van der Waals surface area contributed by atoms with Crippen molar-refractivity contribution in [2.45, 2.75) is 37.6 Å². The maximum Gasteiger partial charge on any atom is 0.235 e. The van der Waals surface area contributed by atoms with Gasteiger partial charge in [-0.25, -0.2) is 4.79 Å². The van der Waals surface area contributed by atoms with Gasteiger partial charge in [0.1, 0.15) is 0 Å². The van der Waals surface area contributed by atoms with Crippen molar-refractivity contribution >= 4 is 22.0 Å². The van der Waals surface area contributed by atoms with Gasteiger partial charge in [-0.1, -0.05) is 0 Å². The number of nitrogens with zero attached hydrogens (tertiary/aromatic N) is 1. The second-order valence-electron chi connectivity index (χ2n) is 6.45. The van der Waals surface area contributed by atoms with Crippen molar-refractivity contribution < 1.29 is 14.3 Å². The predicted octanol–water partition coefficient (Wildman–Crippen LogP) is 3.72. The minimum absolute atomic E-state index is 0.216. The predicted molar refractivity (Wildman–Crippen MR) is 80.4 cm³/mol. The Morgan fingerprint density at radius 3 is 2.52 bits per heavy atom. The molecule has 2 saturated carbocycles. The van der Waals surface area contributed by atoms with E-state index in [4.69, 9.17) is 9.47 Å². The van der Waals surface area contributed by atoms with Crippen molar-refractivity contribution in [1.82, 2.24) is 0 Å². The van der Waals surface area contributed by atoms with E-state index in [1.165, 1.54) is 12.8 Å². The molecule has 0 atom stereocenters. The van der Waals surface area contributed by atoms with Gasteiger partial charge in [-0.15, -0.1) is 0 Å². The van der Waals surface area contributed by atoms with E-state index in [0.29, 0.717) is 6.61 Å². The molecule has 1 aromatic rings. The van der Waals surface area contributed by atoms with Crippen LogP contribution < -0.4 is 9.47 Å². The highest BCUT2D eigenvalue weighted by Gasteiger charge is 2.47. The molecule has 1 aliphatic heterocycles. The number of fused-ring (bicyclic) bond motifs is 1. The first-order chi connectivity index (χ1) is 10.2. The monoisotopic (exact) mass is 349 g/mol. The highest BCUT2D eigenvalue weighted by atomic mass is 79.9. The number of isocyanates is 1. The van der Waals surface area contributed by atoms with Crippen molar-refractivity contribution in [3.63, 3.8) is 0 Å². The van der Waals surface area contributed by atoms with Gasteiger partial charge in [0.15, 0.2) is 11.5 Å². The molecule has 2 fully saturated rings. The summed E-state index contributed by atoms with van der Waals surface area (Å²) in [5.41, 5.74) is 0.818. The van der Waals surface area contributed by atoms with E-state index in [9.17, 15) is 4.79 Å². The number of halogens is 1. The molecular weight excluding hydrogens is 334 g/mol. The SMILES string of the molecule is O=C=NC1(c2cc(Br)c3c(c2)OCC2(CC2)CO3)CCC1. The zero-order chi connectivity index (χ0) is 14.5. The molecule has 0 amide bonds. The lowest BCUT2D eigenvalue weighted by Crippen LogP contribution is -2.31. The fourth-order valence-corrected chi connectivity index (χ4v) is 3.67. The van der Waals surface area contributed by atoms with Crippen LogP contribution in [-0.2, 0) is 10.3 Å². The number of rotatable bonds is 2. The quantitative estimate of drug-likeness (QED) is 0.603. The molecule has 0 unspecified atom stereocenters. The second kappa shape index (κ2) is 4.59. The van der Waals surface area contributed by atoms with Gasteiger partial charge in [0, 0.05) is 5.41 Å². The van der Waals surface area contributed by atoms with Crippen molar-refractivity contribution in [1.29, 1.82) is 0 Å². The van der Waals surface area contributed by atoms with Crippen LogP contribution in [0.5, 0.6) is 11.5 Å². The third-order valence-electron chi connectivity index (χ3n) is 5.00. The summed E-state index contributed by atoms with van der Waals surface area (Å²) in [6.07, 6.45) is 6.93. The topological polar surface area (TPSA) is 47.9 Å². The summed E-state index contributed by atoms with van der Waals surface area (Å²) in [6.45, 7) is 1.43. The Morgan fingerprint density at radius 1 is 1.14 bits per heavy atom. The standard InChI is InChI=1S/C16H16BrNO3/c17-12-6-11(16(18-10-19)2-1-3-16)7-13-14(12)21-9-15(4-5-15)8-20-13/h6-7H,1-5,8-9H2. The van der Waals surface area contributed by atoms with Crippen LogP contribution in [-0.4, -0.2) is 19.3 Å². The molecule has 0 radical (unpaired) electrons. The maximum atomic E-state index is 10.7. The van der Waals surface area contributed by atoms with E-state index in [2.05, 4.69) is 20.9 Å². The summed E-state index contributed by atoms with van der Waals surface area (Å²) >= 11 is 3.58. The number of ether oxygens (including phenoxy) is 2. The fraction of sp³-hybridized carbons (Fsp3) is 0.562. The van der Waals surface area contributed by atoms with E-state index in [-0.39, 0.29) is 5.41 Å². The van der Waals surface area contributed by atoms with E-state index < -0.39 is 5.54 Å². The van der Waals surface area contributed by atoms with Gasteiger partial charge >= 0.3 is 0 Å². The second-order valence-corrected chi connectivity index (χ2v) is 7.31. The Balaban J connectivity index is 1.74. The average molecular weight is 350 g/mol. The lowest BCUT2D eigenvalue weighted by Gasteiger charge is -2.37. The molecule has 1 aromatic carbocycles. The molecule has 4 rings (SSSR count). The van der Waals surface area contributed by atoms with Crippen LogP contribution in [0, 0.1) is 5.41 Å². The summed E-state index contributed by atoms with van der Waals surface area (Å²) < 4.78 is 12.8. The van der Waals surface area contributed by atoms with Crippen molar-refractivity contribution in [2.75, 3.05) is 13.2 Å². The Hall–Kier alpha value is -1.32. The fourth-order valence-electron chi connectivity index (χ4n) is 3.11. The first kappa shape index (κ1) is 13.4. The summed E-state index contributed by atoms with van der Waals surface area (Å²) in [4.78, 5) is 14.8. The zero-order valence-corrected chi connectivity index (χ0v) is 13.2. The van der Waals surface area contributed by atoms with E-state index >= 15 is 0 Å². The van der Waals surface area contributed by atoms with Gasteiger partial charge in [0.25, 0.3) is 0 Å². The molecule has 5 heteroatoms. The summed E-state index contributed by atoms with van der Waals surface area (Å²) in [6, 6.07) is 3.99. The van der Waals surface area contributed by atoms with E-state index in [1.807, 2.05) is 12.1 Å². The molecule has 1 heterocycles. The Bertz CT molecular complexity index is 643. The van der Waals surface area contributed by atoms with E-state index in [1.54, 1.807) is 6.08 Å². The summed E-state index contributed by atoms with van der Waals surface area (Å²) in [5, 5.41) is 0. The van der Waals surface area contributed by atoms with Crippen molar-refractivity contribution in [2.24, 2.45) is 10.4 Å². The molecule has 0 N–H and O–H groups in total. The highest BCUT2D eigenvalue weighted by Crippen LogP contribution is 2.53. The molecule has 1 spiro atoms. The molecule has 110 valence electrons. The van der Waals surface area contributed by atoms with Crippen molar-refractivity contribution in [3.05, 3.63) is 22.2 Å². The normalized spacial score (nSPS) is 23.7.